The smallest absolute Gasteiger partial charge is 0.103 e. The zero-order chi connectivity index (χ0) is 13.0. The highest BCUT2D eigenvalue weighted by Crippen LogP contribution is 2.28. The van der Waals surface area contributed by atoms with Crippen molar-refractivity contribution in [2.24, 2.45) is 17.6 Å². The van der Waals surface area contributed by atoms with Gasteiger partial charge < -0.3 is 11.1 Å². The summed E-state index contributed by atoms with van der Waals surface area (Å²) < 4.78 is 0. The lowest BCUT2D eigenvalue weighted by molar-refractivity contribution is 0.300. The van der Waals surface area contributed by atoms with Gasteiger partial charge in [0.15, 0.2) is 0 Å². The topological polar surface area (TPSA) is 38.0 Å². The Bertz CT molecular complexity index is 391. The number of nitrogens with one attached hydrogen (secondary N) is 1. The standard InChI is InChI=1S/C15H22N2S/c1-11-2-4-12(5-3-11)10-17-14-8-6-13(7-9-14)15(16)18/h6-9,11-12,17H,2-5,10H2,1H3,(H2,16,18). The number of benzene rings is 1. The van der Waals surface area contributed by atoms with Gasteiger partial charge in [-0.15, -0.1) is 0 Å². The molecule has 2 nitrogen and oxygen atoms in total. The fraction of sp³-hybridized carbons (Fsp3) is 0.533. The molecule has 0 bridgehead atoms. The van der Waals surface area contributed by atoms with Crippen molar-refractivity contribution >= 4 is 22.9 Å². The van der Waals surface area contributed by atoms with E-state index in [9.17, 15) is 0 Å². The van der Waals surface area contributed by atoms with E-state index < -0.39 is 0 Å². The zero-order valence-corrected chi connectivity index (χ0v) is 11.8. The minimum atomic E-state index is 0.461. The molecule has 0 heterocycles. The van der Waals surface area contributed by atoms with Crippen molar-refractivity contribution in [2.75, 3.05) is 11.9 Å². The number of nitrogens with two attached hydrogens (primary N) is 1. The van der Waals surface area contributed by atoms with Gasteiger partial charge in [0.2, 0.25) is 0 Å². The lowest BCUT2D eigenvalue weighted by Gasteiger charge is -2.26. The van der Waals surface area contributed by atoms with Crippen LogP contribution in [0.2, 0.25) is 0 Å². The lowest BCUT2D eigenvalue weighted by atomic mass is 9.83. The lowest BCUT2D eigenvalue weighted by Crippen LogP contribution is -2.20. The second-order valence-electron chi connectivity index (χ2n) is 5.45. The molecular formula is C15H22N2S. The fourth-order valence-electron chi connectivity index (χ4n) is 2.55. The molecule has 98 valence electrons. The summed E-state index contributed by atoms with van der Waals surface area (Å²) in [6.07, 6.45) is 5.48. The first-order valence-corrected chi connectivity index (χ1v) is 7.19. The number of rotatable bonds is 4. The maximum Gasteiger partial charge on any atom is 0.103 e. The molecule has 0 unspecified atom stereocenters. The van der Waals surface area contributed by atoms with E-state index in [1.807, 2.05) is 12.1 Å². The Kier molecular flexibility index (Phi) is 4.59. The Morgan fingerprint density at radius 2 is 1.83 bits per heavy atom. The predicted octanol–water partition coefficient (Wildman–Crippen LogP) is 3.56. The Morgan fingerprint density at radius 1 is 1.22 bits per heavy atom. The molecule has 3 N–H and O–H groups in total. The van der Waals surface area contributed by atoms with Crippen molar-refractivity contribution in [3.8, 4) is 0 Å². The van der Waals surface area contributed by atoms with Gasteiger partial charge >= 0.3 is 0 Å². The molecule has 1 aliphatic carbocycles. The summed E-state index contributed by atoms with van der Waals surface area (Å²) in [4.78, 5) is 0.461. The molecule has 1 aliphatic rings. The van der Waals surface area contributed by atoms with E-state index in [1.165, 1.54) is 25.7 Å². The number of hydrogen-bond donors (Lipinski definition) is 2. The highest BCUT2D eigenvalue weighted by molar-refractivity contribution is 7.80. The van der Waals surface area contributed by atoms with Crippen molar-refractivity contribution in [1.82, 2.24) is 0 Å². The molecule has 1 saturated carbocycles. The maximum absolute atomic E-state index is 5.58. The van der Waals surface area contributed by atoms with E-state index >= 15 is 0 Å². The Balaban J connectivity index is 1.81. The summed E-state index contributed by atoms with van der Waals surface area (Å²) in [7, 11) is 0. The van der Waals surface area contributed by atoms with Crippen molar-refractivity contribution in [3.63, 3.8) is 0 Å². The maximum atomic E-state index is 5.58. The van der Waals surface area contributed by atoms with Gasteiger partial charge in [-0.1, -0.05) is 32.0 Å². The third kappa shape index (κ3) is 3.70. The van der Waals surface area contributed by atoms with E-state index in [4.69, 9.17) is 18.0 Å². The Labute approximate surface area is 115 Å². The van der Waals surface area contributed by atoms with Crippen LogP contribution in [0.5, 0.6) is 0 Å². The number of thiocarbonyl (C=S) groups is 1. The molecular weight excluding hydrogens is 240 g/mol. The SMILES string of the molecule is CC1CCC(CNc2ccc(C(N)=S)cc2)CC1. The zero-order valence-electron chi connectivity index (χ0n) is 11.0. The minimum Gasteiger partial charge on any atom is -0.389 e. The van der Waals surface area contributed by atoms with Crippen LogP contribution in [0.15, 0.2) is 24.3 Å². The van der Waals surface area contributed by atoms with Crippen LogP contribution in [-0.4, -0.2) is 11.5 Å². The van der Waals surface area contributed by atoms with Crippen LogP contribution in [0, 0.1) is 11.8 Å². The molecule has 0 saturated heterocycles. The minimum absolute atomic E-state index is 0.461. The average molecular weight is 262 g/mol. The summed E-state index contributed by atoms with van der Waals surface area (Å²) in [5.41, 5.74) is 7.67. The van der Waals surface area contributed by atoms with Gasteiger partial charge in [0.25, 0.3) is 0 Å². The summed E-state index contributed by atoms with van der Waals surface area (Å²) in [6.45, 7) is 3.44. The van der Waals surface area contributed by atoms with Crippen LogP contribution in [0.4, 0.5) is 5.69 Å². The Morgan fingerprint density at radius 3 is 2.39 bits per heavy atom. The van der Waals surface area contributed by atoms with Crippen LogP contribution in [0.25, 0.3) is 0 Å². The molecule has 0 aromatic heterocycles. The summed E-state index contributed by atoms with van der Waals surface area (Å²) >= 11 is 4.94. The number of anilines is 1. The van der Waals surface area contributed by atoms with Crippen LogP contribution in [-0.2, 0) is 0 Å². The van der Waals surface area contributed by atoms with Gasteiger partial charge in [0.1, 0.15) is 4.99 Å². The molecule has 0 amide bonds. The fourth-order valence-corrected chi connectivity index (χ4v) is 2.68. The quantitative estimate of drug-likeness (QED) is 0.815. The van der Waals surface area contributed by atoms with Gasteiger partial charge in [-0.05, 0) is 48.9 Å². The third-order valence-corrected chi connectivity index (χ3v) is 4.14. The molecule has 3 heteroatoms. The predicted molar refractivity (Wildman–Crippen MR) is 81.9 cm³/mol. The molecule has 1 fully saturated rings. The Hall–Kier alpha value is -1.09. The van der Waals surface area contributed by atoms with Crippen LogP contribution < -0.4 is 11.1 Å². The second-order valence-corrected chi connectivity index (χ2v) is 5.89. The third-order valence-electron chi connectivity index (χ3n) is 3.90. The first kappa shape index (κ1) is 13.3. The monoisotopic (exact) mass is 262 g/mol. The largest absolute Gasteiger partial charge is 0.389 e. The van der Waals surface area contributed by atoms with E-state index in [1.54, 1.807) is 0 Å². The molecule has 2 rings (SSSR count). The van der Waals surface area contributed by atoms with Gasteiger partial charge in [-0.2, -0.15) is 0 Å². The first-order chi connectivity index (χ1) is 8.65. The number of hydrogen-bond acceptors (Lipinski definition) is 2. The molecule has 1 aromatic rings. The van der Waals surface area contributed by atoms with E-state index in [0.29, 0.717) is 4.99 Å². The van der Waals surface area contributed by atoms with Gasteiger partial charge in [-0.3, -0.25) is 0 Å². The van der Waals surface area contributed by atoms with Crippen LogP contribution in [0.3, 0.4) is 0 Å². The highest BCUT2D eigenvalue weighted by Gasteiger charge is 2.17. The summed E-state index contributed by atoms with van der Waals surface area (Å²) in [6, 6.07) is 8.07. The molecule has 0 aliphatic heterocycles. The van der Waals surface area contributed by atoms with Crippen molar-refractivity contribution in [1.29, 1.82) is 0 Å². The summed E-state index contributed by atoms with van der Waals surface area (Å²) in [5, 5.41) is 3.51. The molecule has 18 heavy (non-hydrogen) atoms. The van der Waals surface area contributed by atoms with Crippen molar-refractivity contribution in [2.45, 2.75) is 32.6 Å². The molecule has 0 radical (unpaired) electrons. The highest BCUT2D eigenvalue weighted by atomic mass is 32.1. The second kappa shape index (κ2) is 6.19. The van der Waals surface area contributed by atoms with Crippen LogP contribution >= 0.6 is 12.2 Å². The van der Waals surface area contributed by atoms with E-state index in [0.717, 1.165) is 29.6 Å². The van der Waals surface area contributed by atoms with Gasteiger partial charge in [-0.25, -0.2) is 0 Å². The average Bonchev–Trinajstić information content (AvgIpc) is 2.38. The normalized spacial score (nSPS) is 23.6. The van der Waals surface area contributed by atoms with Crippen molar-refractivity contribution in [3.05, 3.63) is 29.8 Å². The first-order valence-electron chi connectivity index (χ1n) is 6.79. The van der Waals surface area contributed by atoms with Gasteiger partial charge in [0, 0.05) is 17.8 Å². The van der Waals surface area contributed by atoms with Crippen molar-refractivity contribution < 1.29 is 0 Å². The van der Waals surface area contributed by atoms with E-state index in [-0.39, 0.29) is 0 Å². The molecule has 1 aromatic carbocycles. The van der Waals surface area contributed by atoms with Crippen LogP contribution in [0.1, 0.15) is 38.2 Å². The molecule has 0 atom stereocenters. The van der Waals surface area contributed by atoms with Gasteiger partial charge in [0.05, 0.1) is 0 Å². The van der Waals surface area contributed by atoms with E-state index in [2.05, 4.69) is 24.4 Å². The summed E-state index contributed by atoms with van der Waals surface area (Å²) in [5.74, 6) is 1.75. The molecule has 0 spiro atoms.